The molecule has 4 rings (SSSR count). The number of amidine groups is 1. The Bertz CT molecular complexity index is 1100. The third-order valence-electron chi connectivity index (χ3n) is 4.61. The Labute approximate surface area is 156 Å². The van der Waals surface area contributed by atoms with Gasteiger partial charge in [0, 0.05) is 25.3 Å². The molecule has 2 aromatic carbocycles. The summed E-state index contributed by atoms with van der Waals surface area (Å²) in [5.74, 6) is 0.735. The maximum atomic E-state index is 11.2. The molecular weight excluding hydrogens is 342 g/mol. The van der Waals surface area contributed by atoms with E-state index in [-0.39, 0.29) is 24.0 Å². The van der Waals surface area contributed by atoms with E-state index in [0.29, 0.717) is 17.1 Å². The van der Waals surface area contributed by atoms with Crippen LogP contribution in [0.1, 0.15) is 12.7 Å². The number of amides is 1. The van der Waals surface area contributed by atoms with Crippen molar-refractivity contribution in [1.82, 2.24) is 9.55 Å². The van der Waals surface area contributed by atoms with Crippen molar-refractivity contribution in [2.75, 3.05) is 16.8 Å². The highest BCUT2D eigenvalue weighted by molar-refractivity contribution is 6.30. The second-order valence-electron chi connectivity index (χ2n) is 6.47. The molecule has 0 saturated carbocycles. The average Bonchev–Trinajstić information content (AvgIpc) is 3.12. The first kappa shape index (κ1) is 16.8. The van der Waals surface area contributed by atoms with Gasteiger partial charge in [0.1, 0.15) is 17.4 Å². The lowest BCUT2D eigenvalue weighted by Gasteiger charge is -2.19. The van der Waals surface area contributed by atoms with Crippen molar-refractivity contribution in [3.63, 3.8) is 0 Å². The summed E-state index contributed by atoms with van der Waals surface area (Å²) < 4.78 is 1.89. The molecule has 0 atom stereocenters. The third-order valence-corrected chi connectivity index (χ3v) is 4.61. The molecule has 1 aliphatic rings. The van der Waals surface area contributed by atoms with Crippen molar-refractivity contribution >= 4 is 39.7 Å². The zero-order valence-corrected chi connectivity index (χ0v) is 15.0. The largest absolute Gasteiger partial charge is 0.509 e. The number of rotatable bonds is 3. The number of hydrogen-bond acceptors (Lipinski definition) is 4. The molecule has 27 heavy (non-hydrogen) atoms. The lowest BCUT2D eigenvalue weighted by atomic mass is 10.2. The van der Waals surface area contributed by atoms with Crippen molar-refractivity contribution in [2.24, 2.45) is 7.05 Å². The summed E-state index contributed by atoms with van der Waals surface area (Å²) in [7, 11) is 1.88. The Morgan fingerprint density at radius 1 is 1.19 bits per heavy atom. The lowest BCUT2D eigenvalue weighted by molar-refractivity contribution is -0.114. The van der Waals surface area contributed by atoms with Crippen LogP contribution in [0.5, 0.6) is 0 Å². The number of benzene rings is 2. The van der Waals surface area contributed by atoms with Crippen LogP contribution in [-0.2, 0) is 11.8 Å². The summed E-state index contributed by atoms with van der Waals surface area (Å²) in [5, 5.41) is 21.9. The topological polar surface area (TPSA) is 94.2 Å². The van der Waals surface area contributed by atoms with E-state index in [1.807, 2.05) is 48.0 Å². The van der Waals surface area contributed by atoms with E-state index in [4.69, 9.17) is 5.41 Å². The summed E-state index contributed by atoms with van der Waals surface area (Å²) in [5.41, 5.74) is 3.64. The smallest absolute Gasteiger partial charge is 0.221 e. The second-order valence-corrected chi connectivity index (χ2v) is 6.47. The van der Waals surface area contributed by atoms with Crippen LogP contribution in [0.3, 0.4) is 0 Å². The molecule has 0 bridgehead atoms. The summed E-state index contributed by atoms with van der Waals surface area (Å²) >= 11 is 0. The molecule has 0 saturated heterocycles. The Kier molecular flexibility index (Phi) is 3.92. The number of aromatic nitrogens is 2. The van der Waals surface area contributed by atoms with Gasteiger partial charge in [-0.1, -0.05) is 12.1 Å². The molecule has 7 heteroatoms. The minimum atomic E-state index is -0.139. The molecule has 136 valence electrons. The van der Waals surface area contributed by atoms with Gasteiger partial charge in [0.25, 0.3) is 0 Å². The van der Waals surface area contributed by atoms with E-state index in [2.05, 4.69) is 10.3 Å². The van der Waals surface area contributed by atoms with Crippen LogP contribution in [0.15, 0.2) is 54.3 Å². The van der Waals surface area contributed by atoms with E-state index in [1.165, 1.54) is 6.92 Å². The van der Waals surface area contributed by atoms with Gasteiger partial charge >= 0.3 is 0 Å². The van der Waals surface area contributed by atoms with E-state index in [9.17, 15) is 9.90 Å². The van der Waals surface area contributed by atoms with Crippen molar-refractivity contribution in [3.8, 4) is 0 Å². The van der Waals surface area contributed by atoms with Gasteiger partial charge in [0.05, 0.1) is 23.2 Å². The minimum Gasteiger partial charge on any atom is -0.509 e. The number of fused-ring (bicyclic) bond motifs is 1. The first-order valence-electron chi connectivity index (χ1n) is 8.54. The Hall–Kier alpha value is -3.61. The number of aliphatic hydroxyl groups is 1. The maximum absolute atomic E-state index is 11.2. The van der Waals surface area contributed by atoms with Crippen molar-refractivity contribution in [2.45, 2.75) is 6.92 Å². The number of hydrogen-bond donors (Lipinski definition) is 3. The summed E-state index contributed by atoms with van der Waals surface area (Å²) in [6, 6.07) is 14.9. The highest BCUT2D eigenvalue weighted by Gasteiger charge is 2.32. The fourth-order valence-electron chi connectivity index (χ4n) is 3.33. The maximum Gasteiger partial charge on any atom is 0.221 e. The summed E-state index contributed by atoms with van der Waals surface area (Å²) in [6.45, 7) is 1.66. The number of carbonyl (C=O) groups excluding carboxylic acids is 1. The Morgan fingerprint density at radius 2 is 1.89 bits per heavy atom. The third kappa shape index (κ3) is 2.83. The van der Waals surface area contributed by atoms with Gasteiger partial charge in [-0.25, -0.2) is 4.98 Å². The van der Waals surface area contributed by atoms with Crippen molar-refractivity contribution < 1.29 is 9.90 Å². The molecule has 3 aromatic rings. The van der Waals surface area contributed by atoms with E-state index in [0.717, 1.165) is 16.7 Å². The summed E-state index contributed by atoms with van der Waals surface area (Å²) in [4.78, 5) is 17.5. The molecule has 1 aromatic heterocycles. The van der Waals surface area contributed by atoms with Crippen LogP contribution in [-0.4, -0.2) is 32.9 Å². The zero-order chi connectivity index (χ0) is 19.1. The van der Waals surface area contributed by atoms with Gasteiger partial charge in [0.2, 0.25) is 5.91 Å². The minimum absolute atomic E-state index is 0.115. The molecule has 0 unspecified atom stereocenters. The molecule has 0 radical (unpaired) electrons. The molecule has 1 aliphatic heterocycles. The number of aliphatic hydroxyl groups excluding tert-OH is 1. The van der Waals surface area contributed by atoms with Gasteiger partial charge in [-0.15, -0.1) is 0 Å². The molecule has 0 fully saturated rings. The number of imidazole rings is 1. The average molecular weight is 361 g/mol. The van der Waals surface area contributed by atoms with Gasteiger partial charge in [-0.3, -0.25) is 10.2 Å². The zero-order valence-electron chi connectivity index (χ0n) is 15.0. The van der Waals surface area contributed by atoms with Gasteiger partial charge in [0.15, 0.2) is 0 Å². The number of nitrogens with one attached hydrogen (secondary N) is 2. The molecule has 2 heterocycles. The quantitative estimate of drug-likeness (QED) is 0.667. The number of anilines is 2. The van der Waals surface area contributed by atoms with E-state index < -0.39 is 0 Å². The van der Waals surface area contributed by atoms with E-state index >= 15 is 0 Å². The molecule has 0 spiro atoms. The second kappa shape index (κ2) is 6.28. The van der Waals surface area contributed by atoms with Crippen molar-refractivity contribution in [3.05, 3.63) is 60.1 Å². The predicted octanol–water partition coefficient (Wildman–Crippen LogP) is 3.30. The number of aryl methyl sites for hydroxylation is 1. The fourth-order valence-corrected chi connectivity index (χ4v) is 3.33. The monoisotopic (exact) mass is 361 g/mol. The highest BCUT2D eigenvalue weighted by Crippen LogP contribution is 2.32. The highest BCUT2D eigenvalue weighted by atomic mass is 16.3. The first-order chi connectivity index (χ1) is 13.0. The van der Waals surface area contributed by atoms with Crippen LogP contribution in [0, 0.1) is 5.41 Å². The van der Waals surface area contributed by atoms with Crippen LogP contribution in [0.2, 0.25) is 0 Å². The van der Waals surface area contributed by atoms with E-state index in [1.54, 1.807) is 17.0 Å². The number of nitrogens with zero attached hydrogens (tertiary/aromatic N) is 3. The molecule has 0 aliphatic carbocycles. The fraction of sp³-hybridized carbons (Fsp3) is 0.150. The normalized spacial score (nSPS) is 14.3. The first-order valence-corrected chi connectivity index (χ1v) is 8.54. The van der Waals surface area contributed by atoms with Gasteiger partial charge in [-0.2, -0.15) is 0 Å². The molecular formula is C20H19N5O2. The van der Waals surface area contributed by atoms with Gasteiger partial charge in [-0.05, 0) is 36.4 Å². The lowest BCUT2D eigenvalue weighted by Crippen LogP contribution is -2.26. The van der Waals surface area contributed by atoms with Crippen molar-refractivity contribution in [1.29, 1.82) is 5.41 Å². The number of carbonyl (C=O) groups is 1. The van der Waals surface area contributed by atoms with Gasteiger partial charge < -0.3 is 19.9 Å². The van der Waals surface area contributed by atoms with Crippen LogP contribution < -0.4 is 10.2 Å². The van der Waals surface area contributed by atoms with Crippen LogP contribution in [0.4, 0.5) is 11.4 Å². The molecule has 7 nitrogen and oxygen atoms in total. The number of para-hydroxylation sites is 2. The molecule has 1 amide bonds. The Balaban J connectivity index is 1.67. The van der Waals surface area contributed by atoms with Crippen LogP contribution in [0.25, 0.3) is 16.6 Å². The Morgan fingerprint density at radius 3 is 2.56 bits per heavy atom. The predicted molar refractivity (Wildman–Crippen MR) is 106 cm³/mol. The van der Waals surface area contributed by atoms with Crippen LogP contribution >= 0.6 is 0 Å². The SMILES string of the molecule is CC(=O)Nc1ccc(N2CC(O)=C(c3nc4ccccc4n3C)C2=N)cc1. The standard InChI is InChI=1S/C20H19N5O2/c1-12(26)22-13-7-9-14(10-8-13)25-11-17(27)18(19(25)21)20-23-15-5-3-4-6-16(15)24(20)2/h3-10,21,27H,11H2,1-2H3,(H,22,26). The molecule has 3 N–H and O–H groups in total. The summed E-state index contributed by atoms with van der Waals surface area (Å²) in [6.07, 6.45) is 0.